The van der Waals surface area contributed by atoms with Crippen LogP contribution in [0.2, 0.25) is 0 Å². The van der Waals surface area contributed by atoms with Crippen molar-refractivity contribution in [2.24, 2.45) is 0 Å². The van der Waals surface area contributed by atoms with Gasteiger partial charge in [-0.15, -0.1) is 0 Å². The minimum atomic E-state index is -0.704. The molecule has 0 bridgehead atoms. The summed E-state index contributed by atoms with van der Waals surface area (Å²) in [6.07, 6.45) is 0.917. The van der Waals surface area contributed by atoms with Crippen molar-refractivity contribution in [3.8, 4) is 11.5 Å². The second-order valence-corrected chi connectivity index (χ2v) is 5.38. The molecule has 2 rings (SSSR count). The summed E-state index contributed by atoms with van der Waals surface area (Å²) < 4.78 is 10.4. The van der Waals surface area contributed by atoms with E-state index >= 15 is 0 Å². The van der Waals surface area contributed by atoms with Crippen LogP contribution in [0.3, 0.4) is 0 Å². The molecule has 2 aromatic rings. The van der Waals surface area contributed by atoms with E-state index in [1.807, 2.05) is 12.1 Å². The molecule has 6 nitrogen and oxygen atoms in total. The van der Waals surface area contributed by atoms with Crippen molar-refractivity contribution in [1.82, 2.24) is 5.32 Å². The van der Waals surface area contributed by atoms with Gasteiger partial charge in [-0.25, -0.2) is 0 Å². The highest BCUT2D eigenvalue weighted by atomic mass is 16.5. The lowest BCUT2D eigenvalue weighted by Crippen LogP contribution is -2.34. The van der Waals surface area contributed by atoms with Crippen LogP contribution in [-0.2, 0) is 22.6 Å². The predicted molar refractivity (Wildman–Crippen MR) is 95.8 cm³/mol. The zero-order chi connectivity index (χ0) is 18.2. The standard InChI is InChI=1S/C19H22N2O4/c1-4-13-5-8-15(9-6-13)21-19(23)18(22)20-12-14-7-10-16(24-2)17(11-14)25-3/h5-11H,4,12H2,1-3H3,(H,20,22)(H,21,23). The van der Waals surface area contributed by atoms with Crippen LogP contribution < -0.4 is 20.1 Å². The molecule has 0 aliphatic carbocycles. The van der Waals surface area contributed by atoms with Crippen molar-refractivity contribution < 1.29 is 19.1 Å². The van der Waals surface area contributed by atoms with Gasteiger partial charge in [-0.3, -0.25) is 9.59 Å². The van der Waals surface area contributed by atoms with Crippen LogP contribution in [0.1, 0.15) is 18.1 Å². The summed E-state index contributed by atoms with van der Waals surface area (Å²) in [5, 5.41) is 5.16. The number of methoxy groups -OCH3 is 2. The van der Waals surface area contributed by atoms with E-state index in [9.17, 15) is 9.59 Å². The number of anilines is 1. The Kier molecular flexibility index (Phi) is 6.39. The molecule has 0 saturated heterocycles. The third-order valence-electron chi connectivity index (χ3n) is 3.73. The van der Waals surface area contributed by atoms with Gasteiger partial charge in [0.05, 0.1) is 14.2 Å². The smallest absolute Gasteiger partial charge is 0.313 e. The minimum absolute atomic E-state index is 0.210. The Balaban J connectivity index is 1.91. The van der Waals surface area contributed by atoms with Crippen LogP contribution in [-0.4, -0.2) is 26.0 Å². The SMILES string of the molecule is CCc1ccc(NC(=O)C(=O)NCc2ccc(OC)c(OC)c2)cc1. The molecule has 2 N–H and O–H groups in total. The summed E-state index contributed by atoms with van der Waals surface area (Å²) in [7, 11) is 3.09. The van der Waals surface area contributed by atoms with E-state index in [4.69, 9.17) is 9.47 Å². The van der Waals surface area contributed by atoms with Gasteiger partial charge < -0.3 is 20.1 Å². The van der Waals surface area contributed by atoms with Crippen molar-refractivity contribution in [1.29, 1.82) is 0 Å². The van der Waals surface area contributed by atoms with Crippen molar-refractivity contribution >= 4 is 17.5 Å². The highest BCUT2D eigenvalue weighted by Gasteiger charge is 2.14. The number of carbonyl (C=O) groups is 2. The van der Waals surface area contributed by atoms with Gasteiger partial charge in [0.25, 0.3) is 0 Å². The molecular formula is C19H22N2O4. The molecule has 0 heterocycles. The van der Waals surface area contributed by atoms with Crippen molar-refractivity contribution in [3.05, 3.63) is 53.6 Å². The van der Waals surface area contributed by atoms with Crippen LogP contribution in [0.25, 0.3) is 0 Å². The Hall–Kier alpha value is -3.02. The first-order chi connectivity index (χ1) is 12.1. The van der Waals surface area contributed by atoms with Crippen LogP contribution in [0, 0.1) is 0 Å². The molecule has 0 aliphatic heterocycles. The van der Waals surface area contributed by atoms with Gasteiger partial charge in [0.1, 0.15) is 0 Å². The molecule has 2 amide bonds. The highest BCUT2D eigenvalue weighted by Crippen LogP contribution is 2.27. The van der Waals surface area contributed by atoms with Crippen molar-refractivity contribution in [2.75, 3.05) is 19.5 Å². The first-order valence-corrected chi connectivity index (χ1v) is 7.96. The Morgan fingerprint density at radius 2 is 1.52 bits per heavy atom. The number of hydrogen-bond acceptors (Lipinski definition) is 4. The molecule has 0 radical (unpaired) electrons. The zero-order valence-corrected chi connectivity index (χ0v) is 14.6. The lowest BCUT2D eigenvalue weighted by molar-refractivity contribution is -0.136. The lowest BCUT2D eigenvalue weighted by atomic mass is 10.1. The largest absolute Gasteiger partial charge is 0.493 e. The monoisotopic (exact) mass is 342 g/mol. The summed E-state index contributed by atoms with van der Waals surface area (Å²) in [4.78, 5) is 23.9. The Labute approximate surface area is 147 Å². The molecule has 0 saturated carbocycles. The van der Waals surface area contributed by atoms with E-state index in [1.165, 1.54) is 7.11 Å². The van der Waals surface area contributed by atoms with Crippen molar-refractivity contribution in [2.45, 2.75) is 19.9 Å². The molecule has 0 spiro atoms. The average Bonchev–Trinajstić information content (AvgIpc) is 2.66. The molecule has 25 heavy (non-hydrogen) atoms. The number of amides is 2. The van der Waals surface area contributed by atoms with Crippen LogP contribution in [0.4, 0.5) is 5.69 Å². The van der Waals surface area contributed by atoms with Gasteiger partial charge in [-0.1, -0.05) is 25.1 Å². The molecule has 132 valence electrons. The summed E-state index contributed by atoms with van der Waals surface area (Å²) >= 11 is 0. The number of rotatable bonds is 6. The van der Waals surface area contributed by atoms with Crippen molar-refractivity contribution in [3.63, 3.8) is 0 Å². The van der Waals surface area contributed by atoms with E-state index in [2.05, 4.69) is 17.6 Å². The first-order valence-electron chi connectivity index (χ1n) is 7.96. The molecular weight excluding hydrogens is 320 g/mol. The average molecular weight is 342 g/mol. The molecule has 0 aromatic heterocycles. The molecule has 6 heteroatoms. The fraction of sp³-hybridized carbons (Fsp3) is 0.263. The number of ether oxygens (including phenoxy) is 2. The molecule has 2 aromatic carbocycles. The number of aryl methyl sites for hydroxylation is 1. The van der Waals surface area contributed by atoms with Gasteiger partial charge in [0, 0.05) is 12.2 Å². The van der Waals surface area contributed by atoms with Crippen LogP contribution in [0.15, 0.2) is 42.5 Å². The second-order valence-electron chi connectivity index (χ2n) is 5.38. The number of carbonyl (C=O) groups excluding carboxylic acids is 2. The third-order valence-corrected chi connectivity index (χ3v) is 3.73. The Morgan fingerprint density at radius 3 is 2.12 bits per heavy atom. The number of hydrogen-bond donors (Lipinski definition) is 2. The van der Waals surface area contributed by atoms with E-state index < -0.39 is 11.8 Å². The summed E-state index contributed by atoms with van der Waals surface area (Å²) in [6, 6.07) is 12.7. The van der Waals surface area contributed by atoms with Crippen LogP contribution in [0.5, 0.6) is 11.5 Å². The quantitative estimate of drug-likeness (QED) is 0.791. The number of benzene rings is 2. The third kappa shape index (κ3) is 4.97. The molecule has 0 fully saturated rings. The van der Waals surface area contributed by atoms with Gasteiger partial charge in [-0.2, -0.15) is 0 Å². The summed E-state index contributed by atoms with van der Waals surface area (Å²) in [6.45, 7) is 2.26. The first kappa shape index (κ1) is 18.3. The molecule has 0 unspecified atom stereocenters. The van der Waals surface area contributed by atoms with Gasteiger partial charge in [0.15, 0.2) is 11.5 Å². The maximum absolute atomic E-state index is 11.9. The summed E-state index contributed by atoms with van der Waals surface area (Å²) in [5.41, 5.74) is 2.55. The Bertz CT molecular complexity index is 742. The minimum Gasteiger partial charge on any atom is -0.493 e. The van der Waals surface area contributed by atoms with E-state index in [-0.39, 0.29) is 6.54 Å². The maximum Gasteiger partial charge on any atom is 0.313 e. The molecule has 0 atom stereocenters. The fourth-order valence-corrected chi connectivity index (χ4v) is 2.26. The normalized spacial score (nSPS) is 10.0. The fourth-order valence-electron chi connectivity index (χ4n) is 2.26. The zero-order valence-electron chi connectivity index (χ0n) is 14.6. The van der Waals surface area contributed by atoms with E-state index in [0.717, 1.165) is 17.5 Å². The number of nitrogens with one attached hydrogen (secondary N) is 2. The van der Waals surface area contributed by atoms with Crippen LogP contribution >= 0.6 is 0 Å². The summed E-state index contributed by atoms with van der Waals surface area (Å²) in [5.74, 6) is -0.236. The second kappa shape index (κ2) is 8.73. The Morgan fingerprint density at radius 1 is 0.880 bits per heavy atom. The molecule has 0 aliphatic rings. The van der Waals surface area contributed by atoms with E-state index in [0.29, 0.717) is 17.2 Å². The maximum atomic E-state index is 11.9. The van der Waals surface area contributed by atoms with Gasteiger partial charge in [-0.05, 0) is 41.8 Å². The topological polar surface area (TPSA) is 76.7 Å². The predicted octanol–water partition coefficient (Wildman–Crippen LogP) is 2.52. The van der Waals surface area contributed by atoms with Gasteiger partial charge in [0.2, 0.25) is 0 Å². The van der Waals surface area contributed by atoms with Gasteiger partial charge >= 0.3 is 11.8 Å². The van der Waals surface area contributed by atoms with E-state index in [1.54, 1.807) is 37.4 Å². The highest BCUT2D eigenvalue weighted by molar-refractivity contribution is 6.39. The lowest BCUT2D eigenvalue weighted by Gasteiger charge is -2.10.